The van der Waals surface area contributed by atoms with Crippen LogP contribution in [0.25, 0.3) is 0 Å². The third-order valence-corrected chi connectivity index (χ3v) is 2.51. The van der Waals surface area contributed by atoms with Gasteiger partial charge in [-0.05, 0) is 30.2 Å². The molecule has 16 heavy (non-hydrogen) atoms. The standard InChI is InChI=1S/C12H13FN2O/c1-9-2-3-12(13)4-11(9)7-15-6-10(8-16)5-14-15/h2-6,16H,7-8H2,1H3. The molecular weight excluding hydrogens is 207 g/mol. The van der Waals surface area contributed by atoms with E-state index in [9.17, 15) is 4.39 Å². The van der Waals surface area contributed by atoms with Gasteiger partial charge >= 0.3 is 0 Å². The zero-order chi connectivity index (χ0) is 11.5. The van der Waals surface area contributed by atoms with Crippen molar-refractivity contribution in [3.05, 3.63) is 53.1 Å². The molecule has 0 aliphatic rings. The van der Waals surface area contributed by atoms with Crippen LogP contribution < -0.4 is 0 Å². The van der Waals surface area contributed by atoms with E-state index in [1.807, 2.05) is 6.92 Å². The Hall–Kier alpha value is -1.68. The van der Waals surface area contributed by atoms with Crippen LogP contribution in [0.4, 0.5) is 4.39 Å². The van der Waals surface area contributed by atoms with Crippen molar-refractivity contribution in [2.45, 2.75) is 20.1 Å². The first-order valence-electron chi connectivity index (χ1n) is 5.06. The summed E-state index contributed by atoms with van der Waals surface area (Å²) < 4.78 is 14.7. The normalized spacial score (nSPS) is 10.7. The maximum atomic E-state index is 13.1. The maximum Gasteiger partial charge on any atom is 0.123 e. The number of halogens is 1. The minimum Gasteiger partial charge on any atom is -0.392 e. The molecular formula is C12H13FN2O. The van der Waals surface area contributed by atoms with Crippen molar-refractivity contribution in [3.8, 4) is 0 Å². The van der Waals surface area contributed by atoms with Gasteiger partial charge in [-0.3, -0.25) is 4.68 Å². The van der Waals surface area contributed by atoms with Crippen molar-refractivity contribution in [3.63, 3.8) is 0 Å². The van der Waals surface area contributed by atoms with E-state index in [2.05, 4.69) is 5.10 Å². The highest BCUT2D eigenvalue weighted by atomic mass is 19.1. The molecule has 0 unspecified atom stereocenters. The van der Waals surface area contributed by atoms with E-state index in [0.717, 1.165) is 16.7 Å². The van der Waals surface area contributed by atoms with Gasteiger partial charge in [0.15, 0.2) is 0 Å². The van der Waals surface area contributed by atoms with Crippen LogP contribution in [0.1, 0.15) is 16.7 Å². The molecule has 0 fully saturated rings. The predicted octanol–water partition coefficient (Wildman–Crippen LogP) is 1.87. The Morgan fingerprint density at radius 3 is 2.94 bits per heavy atom. The molecule has 0 radical (unpaired) electrons. The molecule has 0 saturated heterocycles. The van der Waals surface area contributed by atoms with Gasteiger partial charge in [0.1, 0.15) is 5.82 Å². The van der Waals surface area contributed by atoms with Crippen LogP contribution in [0.3, 0.4) is 0 Å². The summed E-state index contributed by atoms with van der Waals surface area (Å²) in [6.45, 7) is 2.43. The number of aliphatic hydroxyl groups is 1. The highest BCUT2D eigenvalue weighted by Gasteiger charge is 2.03. The van der Waals surface area contributed by atoms with E-state index in [1.54, 1.807) is 23.1 Å². The van der Waals surface area contributed by atoms with E-state index in [0.29, 0.717) is 6.54 Å². The fourth-order valence-electron chi connectivity index (χ4n) is 1.56. The summed E-state index contributed by atoms with van der Waals surface area (Å²) in [6, 6.07) is 4.71. The Morgan fingerprint density at radius 1 is 1.44 bits per heavy atom. The second-order valence-corrected chi connectivity index (χ2v) is 3.78. The van der Waals surface area contributed by atoms with E-state index in [1.165, 1.54) is 12.1 Å². The van der Waals surface area contributed by atoms with Crippen LogP contribution >= 0.6 is 0 Å². The molecule has 3 nitrogen and oxygen atoms in total. The average molecular weight is 220 g/mol. The third kappa shape index (κ3) is 2.28. The first kappa shape index (κ1) is 10.8. The number of nitrogens with zero attached hydrogens (tertiary/aromatic N) is 2. The minimum atomic E-state index is -0.241. The van der Waals surface area contributed by atoms with Gasteiger partial charge in [0, 0.05) is 11.8 Å². The summed E-state index contributed by atoms with van der Waals surface area (Å²) in [4.78, 5) is 0. The molecule has 0 atom stereocenters. The summed E-state index contributed by atoms with van der Waals surface area (Å²) >= 11 is 0. The molecule has 4 heteroatoms. The van der Waals surface area contributed by atoms with Gasteiger partial charge in [0.25, 0.3) is 0 Å². The second kappa shape index (κ2) is 4.45. The summed E-state index contributed by atoms with van der Waals surface area (Å²) in [5, 5.41) is 13.0. The first-order valence-corrected chi connectivity index (χ1v) is 5.06. The van der Waals surface area contributed by atoms with Gasteiger partial charge < -0.3 is 5.11 Å². The quantitative estimate of drug-likeness (QED) is 0.857. The fraction of sp³-hybridized carbons (Fsp3) is 0.250. The molecule has 0 saturated carbocycles. The lowest BCUT2D eigenvalue weighted by atomic mass is 10.1. The highest BCUT2D eigenvalue weighted by Crippen LogP contribution is 2.12. The van der Waals surface area contributed by atoms with Gasteiger partial charge in [-0.1, -0.05) is 6.07 Å². The van der Waals surface area contributed by atoms with Gasteiger partial charge in [-0.2, -0.15) is 5.10 Å². The van der Waals surface area contributed by atoms with E-state index in [-0.39, 0.29) is 12.4 Å². The van der Waals surface area contributed by atoms with Gasteiger partial charge in [-0.25, -0.2) is 4.39 Å². The van der Waals surface area contributed by atoms with E-state index < -0.39 is 0 Å². The monoisotopic (exact) mass is 220 g/mol. The molecule has 84 valence electrons. The highest BCUT2D eigenvalue weighted by molar-refractivity contribution is 5.26. The molecule has 1 aromatic heterocycles. The second-order valence-electron chi connectivity index (χ2n) is 3.78. The van der Waals surface area contributed by atoms with Crippen LogP contribution in [0.2, 0.25) is 0 Å². The Labute approximate surface area is 93.2 Å². The lowest BCUT2D eigenvalue weighted by Crippen LogP contribution is -2.02. The molecule has 1 N–H and O–H groups in total. The van der Waals surface area contributed by atoms with Crippen LogP contribution in [0, 0.1) is 12.7 Å². The Kier molecular flexibility index (Phi) is 3.01. The smallest absolute Gasteiger partial charge is 0.123 e. The molecule has 2 rings (SSSR count). The number of benzene rings is 1. The number of aryl methyl sites for hydroxylation is 1. The van der Waals surface area contributed by atoms with E-state index >= 15 is 0 Å². The van der Waals surface area contributed by atoms with Gasteiger partial charge in [0.05, 0.1) is 19.3 Å². The van der Waals surface area contributed by atoms with Crippen molar-refractivity contribution < 1.29 is 9.50 Å². The predicted molar refractivity (Wildman–Crippen MR) is 58.4 cm³/mol. The topological polar surface area (TPSA) is 38.0 Å². The van der Waals surface area contributed by atoms with Crippen LogP contribution in [-0.2, 0) is 13.2 Å². The number of aliphatic hydroxyl groups excluding tert-OH is 1. The molecule has 0 aliphatic carbocycles. The number of rotatable bonds is 3. The average Bonchev–Trinajstić information content (AvgIpc) is 2.71. The SMILES string of the molecule is Cc1ccc(F)cc1Cn1cc(CO)cn1. The van der Waals surface area contributed by atoms with Crippen LogP contribution in [-0.4, -0.2) is 14.9 Å². The Bertz CT molecular complexity index is 494. The van der Waals surface area contributed by atoms with Crippen molar-refractivity contribution in [1.29, 1.82) is 0 Å². The van der Waals surface area contributed by atoms with Crippen LogP contribution in [0.5, 0.6) is 0 Å². The lowest BCUT2D eigenvalue weighted by Gasteiger charge is -2.05. The van der Waals surface area contributed by atoms with Crippen molar-refractivity contribution in [1.82, 2.24) is 9.78 Å². The van der Waals surface area contributed by atoms with Crippen molar-refractivity contribution in [2.75, 3.05) is 0 Å². The molecule has 0 aliphatic heterocycles. The summed E-state index contributed by atoms with van der Waals surface area (Å²) in [7, 11) is 0. The van der Waals surface area contributed by atoms with Crippen molar-refractivity contribution >= 4 is 0 Å². The lowest BCUT2D eigenvalue weighted by molar-refractivity contribution is 0.281. The Morgan fingerprint density at radius 2 is 2.25 bits per heavy atom. The molecule has 0 amide bonds. The zero-order valence-corrected chi connectivity index (χ0v) is 9.02. The summed E-state index contributed by atoms with van der Waals surface area (Å²) in [5.74, 6) is -0.241. The van der Waals surface area contributed by atoms with E-state index in [4.69, 9.17) is 5.11 Å². The molecule has 2 aromatic rings. The molecule has 0 spiro atoms. The zero-order valence-electron chi connectivity index (χ0n) is 9.02. The van der Waals surface area contributed by atoms with Crippen LogP contribution in [0.15, 0.2) is 30.6 Å². The Balaban J connectivity index is 2.22. The summed E-state index contributed by atoms with van der Waals surface area (Å²) in [5.41, 5.74) is 2.68. The van der Waals surface area contributed by atoms with Crippen molar-refractivity contribution in [2.24, 2.45) is 0 Å². The molecule has 0 bridgehead atoms. The molecule has 1 heterocycles. The number of hydrogen-bond donors (Lipinski definition) is 1. The molecule has 1 aromatic carbocycles. The minimum absolute atomic E-state index is 0.0257. The maximum absolute atomic E-state index is 13.1. The number of hydrogen-bond acceptors (Lipinski definition) is 2. The first-order chi connectivity index (χ1) is 7.69. The fourth-order valence-corrected chi connectivity index (χ4v) is 1.56. The number of aromatic nitrogens is 2. The van der Waals surface area contributed by atoms with Gasteiger partial charge in [-0.15, -0.1) is 0 Å². The van der Waals surface area contributed by atoms with Gasteiger partial charge in [0.2, 0.25) is 0 Å². The largest absolute Gasteiger partial charge is 0.392 e. The summed E-state index contributed by atoms with van der Waals surface area (Å²) in [6.07, 6.45) is 3.36. The third-order valence-electron chi connectivity index (χ3n) is 2.51.